The van der Waals surface area contributed by atoms with Crippen LogP contribution in [0.2, 0.25) is 0 Å². The van der Waals surface area contributed by atoms with Gasteiger partial charge in [-0.05, 0) is 43.0 Å². The number of hydrogen-bond donors (Lipinski definition) is 3. The van der Waals surface area contributed by atoms with Crippen LogP contribution < -0.4 is 10.6 Å². The number of nitrogens with one attached hydrogen (secondary N) is 2. The van der Waals surface area contributed by atoms with Gasteiger partial charge >= 0.3 is 5.97 Å². The van der Waals surface area contributed by atoms with Gasteiger partial charge in [0, 0.05) is 25.4 Å². The standard InChI is InChI=1S/C22H28N2O4/c1-15(2)24-21(26)12-6-11-20(25)23-14-18(22(27)28)13-17-9-5-8-16-7-3-4-10-19(16)17/h3-5,7-10,15,18H,6,11-14H2,1-2H3,(H,23,25)(H,24,26)(H,27,28). The smallest absolute Gasteiger partial charge is 0.308 e. The zero-order valence-electron chi connectivity index (χ0n) is 16.4. The summed E-state index contributed by atoms with van der Waals surface area (Å²) in [6.45, 7) is 3.83. The average molecular weight is 384 g/mol. The van der Waals surface area contributed by atoms with Gasteiger partial charge in [0.15, 0.2) is 0 Å². The Morgan fingerprint density at radius 2 is 1.64 bits per heavy atom. The fourth-order valence-corrected chi connectivity index (χ4v) is 3.11. The summed E-state index contributed by atoms with van der Waals surface area (Å²) >= 11 is 0. The monoisotopic (exact) mass is 384 g/mol. The van der Waals surface area contributed by atoms with Gasteiger partial charge in [-0.2, -0.15) is 0 Å². The molecule has 2 rings (SSSR count). The van der Waals surface area contributed by atoms with E-state index in [-0.39, 0.29) is 37.2 Å². The van der Waals surface area contributed by atoms with Gasteiger partial charge in [0.2, 0.25) is 11.8 Å². The van der Waals surface area contributed by atoms with Crippen molar-refractivity contribution in [3.63, 3.8) is 0 Å². The summed E-state index contributed by atoms with van der Waals surface area (Å²) in [5.74, 6) is -1.97. The number of rotatable bonds is 10. The van der Waals surface area contributed by atoms with Crippen LogP contribution in [-0.4, -0.2) is 35.5 Å². The second kappa shape index (κ2) is 10.4. The quantitative estimate of drug-likeness (QED) is 0.587. The van der Waals surface area contributed by atoms with Gasteiger partial charge in [-0.25, -0.2) is 0 Å². The van der Waals surface area contributed by atoms with E-state index in [4.69, 9.17) is 0 Å². The SMILES string of the molecule is CC(C)NC(=O)CCCC(=O)NCC(Cc1cccc2ccccc12)C(=O)O. The number of aliphatic carboxylic acids is 1. The molecule has 0 fully saturated rings. The predicted octanol–water partition coefficient (Wildman–Crippen LogP) is 2.89. The first kappa shape index (κ1) is 21.4. The third-order valence-electron chi connectivity index (χ3n) is 4.50. The second-order valence-corrected chi connectivity index (χ2v) is 7.26. The van der Waals surface area contributed by atoms with Crippen molar-refractivity contribution < 1.29 is 19.5 Å². The van der Waals surface area contributed by atoms with E-state index in [2.05, 4.69) is 10.6 Å². The zero-order valence-corrected chi connectivity index (χ0v) is 16.4. The van der Waals surface area contributed by atoms with Gasteiger partial charge in [0.1, 0.15) is 0 Å². The van der Waals surface area contributed by atoms with Gasteiger partial charge in [-0.1, -0.05) is 42.5 Å². The van der Waals surface area contributed by atoms with E-state index in [1.54, 1.807) is 0 Å². The third kappa shape index (κ3) is 6.68. The minimum Gasteiger partial charge on any atom is -0.481 e. The molecule has 2 aromatic rings. The second-order valence-electron chi connectivity index (χ2n) is 7.26. The van der Waals surface area contributed by atoms with E-state index >= 15 is 0 Å². The van der Waals surface area contributed by atoms with Crippen LogP contribution in [-0.2, 0) is 20.8 Å². The molecular weight excluding hydrogens is 356 g/mol. The Balaban J connectivity index is 1.87. The van der Waals surface area contributed by atoms with Crippen LogP contribution in [0.1, 0.15) is 38.7 Å². The van der Waals surface area contributed by atoms with Crippen molar-refractivity contribution in [1.82, 2.24) is 10.6 Å². The number of carbonyl (C=O) groups excluding carboxylic acids is 2. The number of carboxylic acids is 1. The molecule has 1 atom stereocenters. The van der Waals surface area contributed by atoms with E-state index in [1.165, 1.54) is 0 Å². The Bertz CT molecular complexity index is 827. The molecule has 0 saturated heterocycles. The van der Waals surface area contributed by atoms with Gasteiger partial charge in [-0.15, -0.1) is 0 Å². The molecule has 2 amide bonds. The van der Waals surface area contributed by atoms with E-state index in [0.29, 0.717) is 12.8 Å². The Kier molecular flexibility index (Phi) is 7.99. The van der Waals surface area contributed by atoms with Crippen molar-refractivity contribution in [2.24, 2.45) is 5.92 Å². The summed E-state index contributed by atoms with van der Waals surface area (Å²) in [5.41, 5.74) is 0.949. The van der Waals surface area contributed by atoms with Crippen LogP contribution in [0.5, 0.6) is 0 Å². The molecule has 28 heavy (non-hydrogen) atoms. The van der Waals surface area contributed by atoms with Crippen LogP contribution in [0.15, 0.2) is 42.5 Å². The highest BCUT2D eigenvalue weighted by atomic mass is 16.4. The molecule has 2 aromatic carbocycles. The van der Waals surface area contributed by atoms with Crippen LogP contribution in [0.3, 0.4) is 0 Å². The molecule has 6 nitrogen and oxygen atoms in total. The number of carboxylic acid groups (broad SMARTS) is 1. The minimum absolute atomic E-state index is 0.0651. The molecule has 0 aliphatic carbocycles. The summed E-state index contributed by atoms with van der Waals surface area (Å²) in [4.78, 5) is 35.2. The maximum absolute atomic E-state index is 12.0. The molecule has 0 aliphatic rings. The lowest BCUT2D eigenvalue weighted by Crippen LogP contribution is -2.34. The molecule has 0 saturated carbocycles. The lowest BCUT2D eigenvalue weighted by Gasteiger charge is -2.15. The Hall–Kier alpha value is -2.89. The van der Waals surface area contributed by atoms with E-state index in [1.807, 2.05) is 56.3 Å². The van der Waals surface area contributed by atoms with Crippen molar-refractivity contribution in [1.29, 1.82) is 0 Å². The lowest BCUT2D eigenvalue weighted by atomic mass is 9.94. The van der Waals surface area contributed by atoms with Gasteiger partial charge < -0.3 is 15.7 Å². The third-order valence-corrected chi connectivity index (χ3v) is 4.50. The van der Waals surface area contributed by atoms with Gasteiger partial charge in [0.25, 0.3) is 0 Å². The highest BCUT2D eigenvalue weighted by molar-refractivity contribution is 5.86. The van der Waals surface area contributed by atoms with Crippen LogP contribution in [0.25, 0.3) is 10.8 Å². The van der Waals surface area contributed by atoms with E-state index in [0.717, 1.165) is 16.3 Å². The largest absolute Gasteiger partial charge is 0.481 e. The first-order valence-electron chi connectivity index (χ1n) is 9.62. The molecule has 150 valence electrons. The zero-order chi connectivity index (χ0) is 20.5. The van der Waals surface area contributed by atoms with Crippen molar-refractivity contribution in [3.05, 3.63) is 48.0 Å². The summed E-state index contributed by atoms with van der Waals surface area (Å²) < 4.78 is 0. The molecule has 0 radical (unpaired) electrons. The number of amides is 2. The molecule has 0 aromatic heterocycles. The Morgan fingerprint density at radius 1 is 0.964 bits per heavy atom. The molecule has 0 spiro atoms. The van der Waals surface area contributed by atoms with Gasteiger partial charge in [-0.3, -0.25) is 14.4 Å². The van der Waals surface area contributed by atoms with Crippen LogP contribution >= 0.6 is 0 Å². The summed E-state index contributed by atoms with van der Waals surface area (Å²) in [6, 6.07) is 13.8. The molecular formula is C22H28N2O4. The predicted molar refractivity (Wildman–Crippen MR) is 109 cm³/mol. The topological polar surface area (TPSA) is 95.5 Å². The first-order chi connectivity index (χ1) is 13.4. The van der Waals surface area contributed by atoms with E-state index < -0.39 is 11.9 Å². The number of hydrogen-bond acceptors (Lipinski definition) is 3. The number of benzene rings is 2. The Morgan fingerprint density at radius 3 is 2.36 bits per heavy atom. The normalized spacial score (nSPS) is 12.0. The molecule has 6 heteroatoms. The van der Waals surface area contributed by atoms with Crippen LogP contribution in [0.4, 0.5) is 0 Å². The van der Waals surface area contributed by atoms with Crippen molar-refractivity contribution in [3.8, 4) is 0 Å². The number of fused-ring (bicyclic) bond motifs is 1. The molecule has 0 bridgehead atoms. The van der Waals surface area contributed by atoms with Gasteiger partial charge in [0.05, 0.1) is 5.92 Å². The van der Waals surface area contributed by atoms with Crippen LogP contribution in [0, 0.1) is 5.92 Å². The molecule has 3 N–H and O–H groups in total. The highest BCUT2D eigenvalue weighted by Gasteiger charge is 2.20. The lowest BCUT2D eigenvalue weighted by molar-refractivity contribution is -0.141. The summed E-state index contributed by atoms with van der Waals surface area (Å²) in [7, 11) is 0. The fraction of sp³-hybridized carbons (Fsp3) is 0.409. The number of carbonyl (C=O) groups is 3. The highest BCUT2D eigenvalue weighted by Crippen LogP contribution is 2.21. The molecule has 0 heterocycles. The first-order valence-corrected chi connectivity index (χ1v) is 9.62. The Labute approximate surface area is 165 Å². The van der Waals surface area contributed by atoms with Crippen molar-refractivity contribution in [2.45, 2.75) is 45.6 Å². The van der Waals surface area contributed by atoms with Crippen molar-refractivity contribution in [2.75, 3.05) is 6.54 Å². The van der Waals surface area contributed by atoms with Crippen molar-refractivity contribution >= 4 is 28.6 Å². The molecule has 1 unspecified atom stereocenters. The molecule has 0 aliphatic heterocycles. The maximum atomic E-state index is 12.0. The van der Waals surface area contributed by atoms with E-state index in [9.17, 15) is 19.5 Å². The summed E-state index contributed by atoms with van der Waals surface area (Å²) in [5, 5.41) is 17.1. The summed E-state index contributed by atoms with van der Waals surface area (Å²) in [6.07, 6.45) is 1.26. The average Bonchev–Trinajstić information content (AvgIpc) is 2.64. The fourth-order valence-electron chi connectivity index (χ4n) is 3.11. The maximum Gasteiger partial charge on any atom is 0.308 e. The minimum atomic E-state index is -0.940.